The molecule has 0 aliphatic rings. The molecular formula is C16H30O4. The molecule has 0 rings (SSSR count). The highest BCUT2D eigenvalue weighted by atomic mass is 16.5. The van der Waals surface area contributed by atoms with Gasteiger partial charge in [0.15, 0.2) is 0 Å². The van der Waals surface area contributed by atoms with E-state index in [1.165, 1.54) is 0 Å². The Morgan fingerprint density at radius 2 is 1.45 bits per heavy atom. The molecule has 4 nitrogen and oxygen atoms in total. The lowest BCUT2D eigenvalue weighted by molar-refractivity contribution is -0.144. The van der Waals surface area contributed by atoms with Crippen molar-refractivity contribution < 1.29 is 19.1 Å². The van der Waals surface area contributed by atoms with E-state index in [1.807, 2.05) is 13.8 Å². The summed E-state index contributed by atoms with van der Waals surface area (Å²) in [6, 6.07) is 0. The van der Waals surface area contributed by atoms with Gasteiger partial charge < -0.3 is 9.47 Å². The molecule has 0 N–H and O–H groups in total. The molecule has 0 unspecified atom stereocenters. The predicted octanol–water partition coefficient (Wildman–Crippen LogP) is 3.87. The van der Waals surface area contributed by atoms with Crippen molar-refractivity contribution in [3.05, 3.63) is 0 Å². The lowest BCUT2D eigenvalue weighted by Gasteiger charge is -2.07. The minimum absolute atomic E-state index is 0.122. The predicted molar refractivity (Wildman–Crippen MR) is 79.4 cm³/mol. The smallest absolute Gasteiger partial charge is 0.305 e. The molecule has 0 atom stereocenters. The first-order valence-electron chi connectivity index (χ1n) is 7.87. The average molecular weight is 286 g/mol. The third kappa shape index (κ3) is 13.4. The van der Waals surface area contributed by atoms with E-state index in [0.717, 1.165) is 38.5 Å². The molecule has 20 heavy (non-hydrogen) atoms. The first kappa shape index (κ1) is 18.9. The Kier molecular flexibility index (Phi) is 12.3. The van der Waals surface area contributed by atoms with Gasteiger partial charge in [0, 0.05) is 12.8 Å². The number of ether oxygens (including phenoxy) is 2. The summed E-state index contributed by atoms with van der Waals surface area (Å²) in [7, 11) is 0. The summed E-state index contributed by atoms with van der Waals surface area (Å²) in [5, 5.41) is 0. The van der Waals surface area contributed by atoms with E-state index in [2.05, 4.69) is 6.92 Å². The van der Waals surface area contributed by atoms with Gasteiger partial charge in [-0.05, 0) is 25.2 Å². The monoisotopic (exact) mass is 286 g/mol. The molecule has 0 aromatic rings. The highest BCUT2D eigenvalue weighted by Gasteiger charge is 2.06. The molecule has 0 aliphatic carbocycles. The number of esters is 2. The molecule has 0 saturated heterocycles. The molecule has 0 aliphatic heterocycles. The Morgan fingerprint density at radius 1 is 0.850 bits per heavy atom. The van der Waals surface area contributed by atoms with E-state index >= 15 is 0 Å². The first-order chi connectivity index (χ1) is 9.56. The lowest BCUT2D eigenvalue weighted by Crippen LogP contribution is -2.09. The normalized spacial score (nSPS) is 10.6. The number of hydrogen-bond acceptors (Lipinski definition) is 4. The zero-order valence-corrected chi connectivity index (χ0v) is 13.3. The summed E-state index contributed by atoms with van der Waals surface area (Å²) in [6.07, 6.45) is 6.50. The molecule has 0 radical (unpaired) electrons. The van der Waals surface area contributed by atoms with E-state index in [9.17, 15) is 9.59 Å². The Hall–Kier alpha value is -1.06. The molecule has 0 aromatic carbocycles. The highest BCUT2D eigenvalue weighted by Crippen LogP contribution is 2.06. The van der Waals surface area contributed by atoms with Crippen molar-refractivity contribution >= 4 is 11.9 Å². The van der Waals surface area contributed by atoms with Crippen LogP contribution in [0, 0.1) is 5.92 Å². The van der Waals surface area contributed by atoms with Gasteiger partial charge in [-0.2, -0.15) is 0 Å². The first-order valence-corrected chi connectivity index (χ1v) is 7.87. The Balaban J connectivity index is 3.34. The second-order valence-electron chi connectivity index (χ2n) is 5.57. The molecular weight excluding hydrogens is 256 g/mol. The van der Waals surface area contributed by atoms with Crippen LogP contribution in [0.4, 0.5) is 0 Å². The molecule has 0 fully saturated rings. The minimum Gasteiger partial charge on any atom is -0.466 e. The van der Waals surface area contributed by atoms with Crippen LogP contribution in [0.5, 0.6) is 0 Å². The molecule has 118 valence electrons. The van der Waals surface area contributed by atoms with Crippen LogP contribution in [0.25, 0.3) is 0 Å². The molecule has 0 saturated carbocycles. The van der Waals surface area contributed by atoms with Crippen molar-refractivity contribution in [2.75, 3.05) is 13.2 Å². The van der Waals surface area contributed by atoms with Gasteiger partial charge >= 0.3 is 11.9 Å². The van der Waals surface area contributed by atoms with Gasteiger partial charge in [0.1, 0.15) is 0 Å². The van der Waals surface area contributed by atoms with E-state index in [1.54, 1.807) is 0 Å². The number of rotatable bonds is 12. The molecule has 4 heteroatoms. The Labute approximate surface area is 123 Å². The summed E-state index contributed by atoms with van der Waals surface area (Å²) in [5.74, 6) is 0.116. The zero-order chi connectivity index (χ0) is 15.2. The third-order valence-electron chi connectivity index (χ3n) is 2.85. The van der Waals surface area contributed by atoms with Gasteiger partial charge in [-0.1, -0.05) is 40.0 Å². The quantitative estimate of drug-likeness (QED) is 0.404. The third-order valence-corrected chi connectivity index (χ3v) is 2.85. The van der Waals surface area contributed by atoms with E-state index in [0.29, 0.717) is 32.0 Å². The van der Waals surface area contributed by atoms with Gasteiger partial charge in [-0.15, -0.1) is 0 Å². The van der Waals surface area contributed by atoms with E-state index < -0.39 is 0 Å². The van der Waals surface area contributed by atoms with Crippen LogP contribution in [0.15, 0.2) is 0 Å². The van der Waals surface area contributed by atoms with Crippen LogP contribution in [-0.4, -0.2) is 25.2 Å². The number of carbonyl (C=O) groups is 2. The summed E-state index contributed by atoms with van der Waals surface area (Å²) in [5.41, 5.74) is 0. The van der Waals surface area contributed by atoms with Crippen LogP contribution >= 0.6 is 0 Å². The fraction of sp³-hybridized carbons (Fsp3) is 0.875. The standard InChI is InChI=1S/C16H30O4/c1-4-5-9-12-19-15(17)10-7-6-8-11-16(18)20-13-14(2)3/h14H,4-13H2,1-3H3. The molecule has 0 amide bonds. The van der Waals surface area contributed by atoms with Crippen LogP contribution < -0.4 is 0 Å². The second-order valence-corrected chi connectivity index (χ2v) is 5.57. The maximum absolute atomic E-state index is 11.4. The number of carbonyl (C=O) groups excluding carboxylic acids is 2. The summed E-state index contributed by atoms with van der Waals surface area (Å²) >= 11 is 0. The van der Waals surface area contributed by atoms with E-state index in [-0.39, 0.29) is 11.9 Å². The SMILES string of the molecule is CCCCCOC(=O)CCCCCC(=O)OCC(C)C. The maximum atomic E-state index is 11.4. The Bertz CT molecular complexity index is 261. The van der Waals surface area contributed by atoms with Gasteiger partial charge in [0.2, 0.25) is 0 Å². The molecule has 0 heterocycles. The Morgan fingerprint density at radius 3 is 2.00 bits per heavy atom. The van der Waals surface area contributed by atoms with Gasteiger partial charge in [-0.3, -0.25) is 9.59 Å². The van der Waals surface area contributed by atoms with E-state index in [4.69, 9.17) is 9.47 Å². The van der Waals surface area contributed by atoms with Crippen LogP contribution in [0.3, 0.4) is 0 Å². The average Bonchev–Trinajstić information content (AvgIpc) is 2.41. The fourth-order valence-electron chi connectivity index (χ4n) is 1.66. The maximum Gasteiger partial charge on any atom is 0.305 e. The van der Waals surface area contributed by atoms with Crippen molar-refractivity contribution in [1.82, 2.24) is 0 Å². The fourth-order valence-corrected chi connectivity index (χ4v) is 1.66. The summed E-state index contributed by atoms with van der Waals surface area (Å²) in [4.78, 5) is 22.7. The second kappa shape index (κ2) is 12.9. The van der Waals surface area contributed by atoms with Crippen LogP contribution in [0.1, 0.15) is 72.1 Å². The number of unbranched alkanes of at least 4 members (excludes halogenated alkanes) is 4. The van der Waals surface area contributed by atoms with Gasteiger partial charge in [0.25, 0.3) is 0 Å². The van der Waals surface area contributed by atoms with Crippen molar-refractivity contribution in [2.24, 2.45) is 5.92 Å². The van der Waals surface area contributed by atoms with Crippen molar-refractivity contribution in [3.63, 3.8) is 0 Å². The van der Waals surface area contributed by atoms with Crippen molar-refractivity contribution in [3.8, 4) is 0 Å². The molecule has 0 bridgehead atoms. The summed E-state index contributed by atoms with van der Waals surface area (Å²) < 4.78 is 10.2. The largest absolute Gasteiger partial charge is 0.466 e. The van der Waals surface area contributed by atoms with Crippen molar-refractivity contribution in [2.45, 2.75) is 72.1 Å². The van der Waals surface area contributed by atoms with Gasteiger partial charge in [0.05, 0.1) is 13.2 Å². The highest BCUT2D eigenvalue weighted by molar-refractivity contribution is 5.69. The van der Waals surface area contributed by atoms with Crippen LogP contribution in [-0.2, 0) is 19.1 Å². The van der Waals surface area contributed by atoms with Gasteiger partial charge in [-0.25, -0.2) is 0 Å². The lowest BCUT2D eigenvalue weighted by atomic mass is 10.1. The molecule has 0 spiro atoms. The zero-order valence-electron chi connectivity index (χ0n) is 13.3. The summed E-state index contributed by atoms with van der Waals surface area (Å²) in [6.45, 7) is 7.17. The van der Waals surface area contributed by atoms with Crippen LogP contribution in [0.2, 0.25) is 0 Å². The topological polar surface area (TPSA) is 52.6 Å². The minimum atomic E-state index is -0.138. The molecule has 0 aromatic heterocycles. The van der Waals surface area contributed by atoms with Crippen molar-refractivity contribution in [1.29, 1.82) is 0 Å². The number of hydrogen-bond donors (Lipinski definition) is 0.